The number of hydrogen-bond donors (Lipinski definition) is 2. The Morgan fingerprint density at radius 1 is 1.21 bits per heavy atom. The number of amides is 1. The molecular formula is C26H21ClF4N2O4S2. The molecule has 39 heavy (non-hydrogen) atoms. The molecule has 1 unspecified atom stereocenters. The van der Waals surface area contributed by atoms with Crippen molar-refractivity contribution < 1.29 is 36.6 Å². The molecular weight excluding hydrogens is 580 g/mol. The van der Waals surface area contributed by atoms with Crippen molar-refractivity contribution in [2.45, 2.75) is 34.8 Å². The van der Waals surface area contributed by atoms with E-state index in [0.29, 0.717) is 16.4 Å². The molecule has 0 saturated heterocycles. The third-order valence-corrected chi connectivity index (χ3v) is 7.97. The molecule has 0 bridgehead atoms. The summed E-state index contributed by atoms with van der Waals surface area (Å²) in [5.41, 5.74) is -0.0548. The van der Waals surface area contributed by atoms with Crippen LogP contribution in [-0.2, 0) is 4.75 Å². The van der Waals surface area contributed by atoms with Crippen LogP contribution in [0.5, 0.6) is 17.2 Å². The average molecular weight is 601 g/mol. The molecule has 1 aromatic heterocycles. The Hall–Kier alpha value is -2.83. The van der Waals surface area contributed by atoms with Crippen LogP contribution in [0.25, 0.3) is 11.3 Å². The van der Waals surface area contributed by atoms with Crippen molar-refractivity contribution in [1.82, 2.24) is 10.3 Å². The summed E-state index contributed by atoms with van der Waals surface area (Å²) in [6, 6.07) is 9.33. The largest absolute Gasteiger partial charge is 0.493 e. The number of ether oxygens (including phenoxy) is 3. The monoisotopic (exact) mass is 600 g/mol. The number of alkyl halides is 3. The maximum atomic E-state index is 14.5. The number of carbonyl (C=O) groups excluding carboxylic acids is 1. The molecule has 2 aliphatic rings. The molecule has 13 heteroatoms. The summed E-state index contributed by atoms with van der Waals surface area (Å²) in [5, 5.41) is 2.11. The molecule has 2 aromatic carbocycles. The van der Waals surface area contributed by atoms with Crippen LogP contribution in [0, 0.1) is 5.82 Å². The number of aromatic nitrogens is 1. The molecule has 1 atom stereocenters. The Balaban J connectivity index is 1.46. The van der Waals surface area contributed by atoms with Gasteiger partial charge in [0.25, 0.3) is 5.91 Å². The summed E-state index contributed by atoms with van der Waals surface area (Å²) in [6.45, 7) is -0.929. The van der Waals surface area contributed by atoms with E-state index in [9.17, 15) is 22.4 Å². The van der Waals surface area contributed by atoms with Gasteiger partial charge < -0.3 is 19.5 Å². The Morgan fingerprint density at radius 2 is 1.97 bits per heavy atom. The molecule has 1 N–H and O–H groups in total. The first-order valence-corrected chi connectivity index (χ1v) is 13.5. The van der Waals surface area contributed by atoms with Crippen molar-refractivity contribution in [3.8, 4) is 28.5 Å². The van der Waals surface area contributed by atoms with Gasteiger partial charge in [0.2, 0.25) is 0 Å². The van der Waals surface area contributed by atoms with Gasteiger partial charge in [-0.3, -0.25) is 4.79 Å². The summed E-state index contributed by atoms with van der Waals surface area (Å²) in [6.07, 6.45) is -2.99. The summed E-state index contributed by atoms with van der Waals surface area (Å²) < 4.78 is 71.1. The van der Waals surface area contributed by atoms with Gasteiger partial charge in [0.1, 0.15) is 17.5 Å². The van der Waals surface area contributed by atoms with E-state index in [-0.39, 0.29) is 39.6 Å². The minimum absolute atomic E-state index is 0.0550. The number of thioether (sulfide) groups is 1. The van der Waals surface area contributed by atoms with Crippen LogP contribution >= 0.6 is 36.0 Å². The summed E-state index contributed by atoms with van der Waals surface area (Å²) in [7, 11) is 1.41. The van der Waals surface area contributed by atoms with Crippen LogP contribution in [-0.4, -0.2) is 42.8 Å². The highest BCUT2D eigenvalue weighted by atomic mass is 35.5. The van der Waals surface area contributed by atoms with E-state index in [2.05, 4.69) is 22.9 Å². The Labute approximate surface area is 235 Å². The number of nitrogens with one attached hydrogen (secondary N) is 1. The van der Waals surface area contributed by atoms with Gasteiger partial charge in [0, 0.05) is 17.7 Å². The molecule has 1 saturated carbocycles. The van der Waals surface area contributed by atoms with Crippen LogP contribution < -0.4 is 19.5 Å². The lowest BCUT2D eigenvalue weighted by atomic mass is 10.0. The number of nitrogens with zero attached hydrogens (tertiary/aromatic N) is 1. The topological polar surface area (TPSA) is 69.7 Å². The molecule has 1 aliphatic heterocycles. The molecule has 1 amide bonds. The average Bonchev–Trinajstić information content (AvgIpc) is 3.59. The van der Waals surface area contributed by atoms with Crippen LogP contribution in [0.3, 0.4) is 0 Å². The normalized spacial score (nSPS) is 16.2. The van der Waals surface area contributed by atoms with E-state index in [1.165, 1.54) is 49.2 Å². The third-order valence-electron chi connectivity index (χ3n) is 6.19. The van der Waals surface area contributed by atoms with Crippen molar-refractivity contribution in [1.29, 1.82) is 0 Å². The molecule has 2 heterocycles. The van der Waals surface area contributed by atoms with E-state index in [0.717, 1.165) is 18.9 Å². The molecule has 3 aromatic rings. The van der Waals surface area contributed by atoms with E-state index >= 15 is 0 Å². The zero-order chi connectivity index (χ0) is 27.9. The predicted octanol–water partition coefficient (Wildman–Crippen LogP) is 6.65. The number of thiol groups is 1. The zero-order valence-corrected chi connectivity index (χ0v) is 22.7. The SMILES string of the molecule is COc1cc(C(=O)NCC(S)(c2cc3c(c(-c4ccc(F)c(Cl)c4)n2)OCS3)C(F)(F)F)ccc1OC1CC1. The number of pyridine rings is 1. The molecule has 0 radical (unpaired) electrons. The van der Waals surface area contributed by atoms with Gasteiger partial charge in [-0.25, -0.2) is 9.37 Å². The van der Waals surface area contributed by atoms with Gasteiger partial charge in [0.15, 0.2) is 22.0 Å². The minimum Gasteiger partial charge on any atom is -0.493 e. The molecule has 0 spiro atoms. The first-order chi connectivity index (χ1) is 18.5. The standard InChI is InChI=1S/C26H21ClF4N2O4S2/c1-35-19-9-14(3-7-18(19)37-15-4-5-15)24(34)32-11-25(38,26(29,30)31)21-10-20-23(36-12-39-20)22(33-21)13-2-6-17(28)16(27)8-13/h2-3,6-10,15,38H,4-5,11-12H2,1H3,(H,32,34). The summed E-state index contributed by atoms with van der Waals surface area (Å²) >= 11 is 11.1. The Kier molecular flexibility index (Phi) is 7.55. The van der Waals surface area contributed by atoms with Crippen LogP contribution in [0.2, 0.25) is 5.02 Å². The van der Waals surface area contributed by atoms with Gasteiger partial charge in [0.05, 0.1) is 28.8 Å². The second-order valence-electron chi connectivity index (χ2n) is 8.94. The smallest absolute Gasteiger partial charge is 0.410 e. The summed E-state index contributed by atoms with van der Waals surface area (Å²) in [5.74, 6) is -0.290. The van der Waals surface area contributed by atoms with Gasteiger partial charge in [-0.1, -0.05) is 23.4 Å². The fourth-order valence-corrected chi connectivity index (χ4v) is 5.04. The lowest BCUT2D eigenvalue weighted by molar-refractivity contribution is -0.161. The number of benzene rings is 2. The van der Waals surface area contributed by atoms with E-state index in [1.54, 1.807) is 6.07 Å². The highest BCUT2D eigenvalue weighted by Gasteiger charge is 2.55. The van der Waals surface area contributed by atoms with E-state index < -0.39 is 34.9 Å². The second-order valence-corrected chi connectivity index (χ2v) is 11.1. The van der Waals surface area contributed by atoms with Crippen molar-refractivity contribution in [2.75, 3.05) is 19.6 Å². The van der Waals surface area contributed by atoms with Crippen molar-refractivity contribution >= 4 is 41.9 Å². The van der Waals surface area contributed by atoms with E-state index in [4.69, 9.17) is 25.8 Å². The molecule has 1 aliphatic carbocycles. The van der Waals surface area contributed by atoms with Crippen molar-refractivity contribution in [2.24, 2.45) is 0 Å². The molecule has 6 nitrogen and oxygen atoms in total. The lowest BCUT2D eigenvalue weighted by Gasteiger charge is -2.31. The number of hydrogen-bond acceptors (Lipinski definition) is 7. The number of halogens is 5. The number of methoxy groups -OCH3 is 1. The Bertz CT molecular complexity index is 1440. The first-order valence-electron chi connectivity index (χ1n) is 11.7. The van der Waals surface area contributed by atoms with Crippen molar-refractivity contribution in [3.05, 3.63) is 64.6 Å². The fraction of sp³-hybridized carbons (Fsp3) is 0.308. The van der Waals surface area contributed by atoms with Crippen molar-refractivity contribution in [3.63, 3.8) is 0 Å². The third kappa shape index (κ3) is 5.59. The Morgan fingerprint density at radius 3 is 2.64 bits per heavy atom. The predicted molar refractivity (Wildman–Crippen MR) is 142 cm³/mol. The molecule has 1 fully saturated rings. The first kappa shape index (κ1) is 27.7. The van der Waals surface area contributed by atoms with Crippen LogP contribution in [0.1, 0.15) is 28.9 Å². The minimum atomic E-state index is -4.92. The quantitative estimate of drug-likeness (QED) is 0.223. The fourth-order valence-electron chi connectivity index (χ4n) is 3.88. The lowest BCUT2D eigenvalue weighted by Crippen LogP contribution is -2.47. The number of fused-ring (bicyclic) bond motifs is 1. The number of carbonyl (C=O) groups is 1. The summed E-state index contributed by atoms with van der Waals surface area (Å²) in [4.78, 5) is 17.6. The molecule has 5 rings (SSSR count). The highest BCUT2D eigenvalue weighted by Crippen LogP contribution is 2.49. The van der Waals surface area contributed by atoms with Gasteiger partial charge >= 0.3 is 6.18 Å². The van der Waals surface area contributed by atoms with E-state index in [1.807, 2.05) is 0 Å². The van der Waals surface area contributed by atoms with Crippen LogP contribution in [0.15, 0.2) is 47.4 Å². The van der Waals surface area contributed by atoms with Gasteiger partial charge in [-0.15, -0.1) is 0 Å². The van der Waals surface area contributed by atoms with Crippen LogP contribution in [0.4, 0.5) is 17.6 Å². The maximum absolute atomic E-state index is 14.5. The highest BCUT2D eigenvalue weighted by molar-refractivity contribution is 7.99. The number of rotatable bonds is 8. The van der Waals surface area contributed by atoms with Gasteiger partial charge in [-0.2, -0.15) is 25.8 Å². The zero-order valence-electron chi connectivity index (χ0n) is 20.3. The van der Waals surface area contributed by atoms with Gasteiger partial charge in [-0.05, 0) is 55.3 Å². The maximum Gasteiger partial charge on any atom is 0.410 e. The molecule has 206 valence electrons. The second kappa shape index (κ2) is 10.6.